The number of nitrogens with zero attached hydrogens (tertiary/aromatic N) is 1. The van der Waals surface area contributed by atoms with Crippen LogP contribution in [-0.2, 0) is 9.59 Å². The molecule has 0 aromatic heterocycles. The number of ether oxygens (including phenoxy) is 1. The number of phenols is 1. The molecule has 1 aliphatic carbocycles. The molecular formula is C22H19Cl2NO4. The molecule has 0 radical (unpaired) electrons. The quantitative estimate of drug-likeness (QED) is 0.721. The molecule has 1 heterocycles. The molecule has 1 atom stereocenters. The Bertz CT molecular complexity index is 1030. The van der Waals surface area contributed by atoms with Crippen molar-refractivity contribution in [1.29, 1.82) is 0 Å². The SMILES string of the molecule is COc1cc(C2CC(=O)N(c3cc(Cl)cc(Cl)c3)C3=C2C(=O)CCC3)ccc1O. The zero-order chi connectivity index (χ0) is 20.7. The topological polar surface area (TPSA) is 66.8 Å². The molecule has 7 heteroatoms. The molecule has 0 bridgehead atoms. The molecule has 2 aromatic carbocycles. The van der Waals surface area contributed by atoms with E-state index in [-0.39, 0.29) is 29.8 Å². The smallest absolute Gasteiger partial charge is 0.232 e. The van der Waals surface area contributed by atoms with Crippen molar-refractivity contribution in [2.45, 2.75) is 31.6 Å². The maximum atomic E-state index is 13.2. The first-order chi connectivity index (χ1) is 13.9. The number of aromatic hydroxyl groups is 1. The Morgan fingerprint density at radius 2 is 1.79 bits per heavy atom. The lowest BCUT2D eigenvalue weighted by Crippen LogP contribution is -2.40. The summed E-state index contributed by atoms with van der Waals surface area (Å²) in [7, 11) is 1.46. The van der Waals surface area contributed by atoms with Gasteiger partial charge in [0.15, 0.2) is 17.3 Å². The van der Waals surface area contributed by atoms with Gasteiger partial charge in [-0.15, -0.1) is 0 Å². The molecular weight excluding hydrogens is 413 g/mol. The number of carbonyl (C=O) groups is 2. The lowest BCUT2D eigenvalue weighted by molar-refractivity contribution is -0.119. The monoisotopic (exact) mass is 431 g/mol. The molecule has 0 saturated heterocycles. The Balaban J connectivity index is 1.87. The van der Waals surface area contributed by atoms with Crippen molar-refractivity contribution in [2.75, 3.05) is 12.0 Å². The number of benzene rings is 2. The van der Waals surface area contributed by atoms with Crippen molar-refractivity contribution >= 4 is 40.6 Å². The Kier molecular flexibility index (Phi) is 5.28. The first-order valence-electron chi connectivity index (χ1n) is 9.31. The first kappa shape index (κ1) is 19.8. The third-order valence-corrected chi connectivity index (χ3v) is 5.82. The second-order valence-electron chi connectivity index (χ2n) is 7.18. The van der Waals surface area contributed by atoms with E-state index in [0.717, 1.165) is 5.56 Å². The zero-order valence-corrected chi connectivity index (χ0v) is 17.3. The predicted octanol–water partition coefficient (Wildman–Crippen LogP) is 5.24. The third-order valence-electron chi connectivity index (χ3n) is 5.39. The van der Waals surface area contributed by atoms with Crippen LogP contribution < -0.4 is 9.64 Å². The number of ketones is 1. The maximum absolute atomic E-state index is 13.2. The highest BCUT2D eigenvalue weighted by molar-refractivity contribution is 6.35. The van der Waals surface area contributed by atoms with E-state index in [1.54, 1.807) is 35.2 Å². The molecule has 4 rings (SSSR count). The zero-order valence-electron chi connectivity index (χ0n) is 15.7. The van der Waals surface area contributed by atoms with Crippen molar-refractivity contribution < 1.29 is 19.4 Å². The van der Waals surface area contributed by atoms with Gasteiger partial charge in [0.25, 0.3) is 0 Å². The minimum absolute atomic E-state index is 0.0118. The molecule has 1 N–H and O–H groups in total. The van der Waals surface area contributed by atoms with Gasteiger partial charge in [-0.2, -0.15) is 0 Å². The Labute approximate surface area is 178 Å². The normalized spacial score (nSPS) is 19.4. The summed E-state index contributed by atoms with van der Waals surface area (Å²) in [6, 6.07) is 9.90. The lowest BCUT2D eigenvalue weighted by Gasteiger charge is -2.38. The summed E-state index contributed by atoms with van der Waals surface area (Å²) in [4.78, 5) is 27.7. The molecule has 5 nitrogen and oxygen atoms in total. The van der Waals surface area contributed by atoms with Crippen LogP contribution >= 0.6 is 23.2 Å². The summed E-state index contributed by atoms with van der Waals surface area (Å²) in [6.07, 6.45) is 1.87. The largest absolute Gasteiger partial charge is 0.504 e. The maximum Gasteiger partial charge on any atom is 0.232 e. The molecule has 0 spiro atoms. The van der Waals surface area contributed by atoms with Crippen LogP contribution in [0.3, 0.4) is 0 Å². The minimum atomic E-state index is -0.384. The Hall–Kier alpha value is -2.50. The van der Waals surface area contributed by atoms with Gasteiger partial charge in [-0.05, 0) is 48.7 Å². The van der Waals surface area contributed by atoms with Gasteiger partial charge in [-0.3, -0.25) is 14.5 Å². The van der Waals surface area contributed by atoms with Gasteiger partial charge < -0.3 is 9.84 Å². The number of hydrogen-bond donors (Lipinski definition) is 1. The van der Waals surface area contributed by atoms with Crippen molar-refractivity contribution in [3.05, 3.63) is 63.3 Å². The fraction of sp³-hybridized carbons (Fsp3) is 0.273. The number of allylic oxidation sites excluding steroid dienone is 2. The fourth-order valence-electron chi connectivity index (χ4n) is 4.16. The van der Waals surface area contributed by atoms with Gasteiger partial charge in [-0.1, -0.05) is 29.3 Å². The van der Waals surface area contributed by atoms with Gasteiger partial charge >= 0.3 is 0 Å². The molecule has 1 amide bonds. The van der Waals surface area contributed by atoms with Crippen molar-refractivity contribution in [3.63, 3.8) is 0 Å². The summed E-state index contributed by atoms with van der Waals surface area (Å²) in [5.41, 5.74) is 2.67. The van der Waals surface area contributed by atoms with Gasteiger partial charge in [0.1, 0.15) is 0 Å². The van der Waals surface area contributed by atoms with Crippen LogP contribution in [0.15, 0.2) is 47.7 Å². The van der Waals surface area contributed by atoms with E-state index in [1.807, 2.05) is 0 Å². The van der Waals surface area contributed by atoms with E-state index in [1.165, 1.54) is 13.2 Å². The average molecular weight is 432 g/mol. The number of rotatable bonds is 3. The third kappa shape index (κ3) is 3.61. The van der Waals surface area contributed by atoms with E-state index in [0.29, 0.717) is 52.0 Å². The average Bonchev–Trinajstić information content (AvgIpc) is 2.67. The lowest BCUT2D eigenvalue weighted by atomic mass is 9.77. The van der Waals surface area contributed by atoms with E-state index in [4.69, 9.17) is 27.9 Å². The van der Waals surface area contributed by atoms with Crippen LogP contribution in [0.5, 0.6) is 11.5 Å². The number of amides is 1. The van der Waals surface area contributed by atoms with Crippen molar-refractivity contribution in [2.24, 2.45) is 0 Å². The number of carbonyl (C=O) groups excluding carboxylic acids is 2. The number of methoxy groups -OCH3 is 1. The molecule has 0 saturated carbocycles. The van der Waals surface area contributed by atoms with Crippen LogP contribution in [0.2, 0.25) is 10.0 Å². The molecule has 2 aliphatic rings. The Morgan fingerprint density at radius 1 is 1.07 bits per heavy atom. The summed E-state index contributed by atoms with van der Waals surface area (Å²) in [5.74, 6) is -0.157. The van der Waals surface area contributed by atoms with Gasteiger partial charge in [0.05, 0.1) is 12.8 Å². The molecule has 2 aromatic rings. The van der Waals surface area contributed by atoms with Crippen LogP contribution in [0.1, 0.15) is 37.2 Å². The second-order valence-corrected chi connectivity index (χ2v) is 8.05. The van der Waals surface area contributed by atoms with Crippen LogP contribution in [0.25, 0.3) is 0 Å². The van der Waals surface area contributed by atoms with Crippen molar-refractivity contribution in [3.8, 4) is 11.5 Å². The van der Waals surface area contributed by atoms with Crippen molar-refractivity contribution in [1.82, 2.24) is 0 Å². The highest BCUT2D eigenvalue weighted by Gasteiger charge is 2.40. The number of halogens is 2. The highest BCUT2D eigenvalue weighted by Crippen LogP contribution is 2.45. The van der Waals surface area contributed by atoms with Crippen LogP contribution in [0.4, 0.5) is 5.69 Å². The van der Waals surface area contributed by atoms with Crippen LogP contribution in [-0.4, -0.2) is 23.9 Å². The number of hydrogen-bond acceptors (Lipinski definition) is 4. The summed E-state index contributed by atoms with van der Waals surface area (Å²) in [5, 5.41) is 10.8. The molecule has 1 aliphatic heterocycles. The molecule has 1 unspecified atom stereocenters. The van der Waals surface area contributed by atoms with E-state index in [9.17, 15) is 14.7 Å². The van der Waals surface area contributed by atoms with E-state index < -0.39 is 0 Å². The summed E-state index contributed by atoms with van der Waals surface area (Å²) < 4.78 is 5.21. The molecule has 29 heavy (non-hydrogen) atoms. The standard InChI is InChI=1S/C22H19Cl2NO4/c1-29-20-7-12(5-6-18(20)26)16-11-21(28)25(15-9-13(23)8-14(24)10-15)17-3-2-4-19(27)22(16)17/h5-10,16,26H,2-4,11H2,1H3. The highest BCUT2D eigenvalue weighted by atomic mass is 35.5. The Morgan fingerprint density at radius 3 is 2.48 bits per heavy atom. The van der Waals surface area contributed by atoms with Crippen LogP contribution in [0, 0.1) is 0 Å². The molecule has 0 fully saturated rings. The second kappa shape index (κ2) is 7.73. The van der Waals surface area contributed by atoms with Gasteiger partial charge in [-0.25, -0.2) is 0 Å². The number of phenolic OH excluding ortho intramolecular Hbond substituents is 1. The van der Waals surface area contributed by atoms with E-state index >= 15 is 0 Å². The molecule has 150 valence electrons. The predicted molar refractivity (Wildman–Crippen MR) is 112 cm³/mol. The van der Waals surface area contributed by atoms with Gasteiger partial charge in [0.2, 0.25) is 5.91 Å². The summed E-state index contributed by atoms with van der Waals surface area (Å²) in [6.45, 7) is 0. The van der Waals surface area contributed by atoms with E-state index in [2.05, 4.69) is 0 Å². The van der Waals surface area contributed by atoms with Gasteiger partial charge in [0, 0.05) is 40.1 Å². The fourth-order valence-corrected chi connectivity index (χ4v) is 4.67. The number of Topliss-reactive ketones (excluding diaryl/α,β-unsaturated/α-hetero) is 1. The number of anilines is 1. The minimum Gasteiger partial charge on any atom is -0.504 e. The summed E-state index contributed by atoms with van der Waals surface area (Å²) >= 11 is 12.3. The first-order valence-corrected chi connectivity index (χ1v) is 10.1.